The quantitative estimate of drug-likeness (QED) is 0.627. The third-order valence-electron chi connectivity index (χ3n) is 2.28. The van der Waals surface area contributed by atoms with Crippen LogP contribution in [-0.2, 0) is 11.2 Å². The molecule has 0 aliphatic heterocycles. The normalized spacial score (nSPS) is 11.1. The number of rotatable bonds is 3. The number of aryl methyl sites for hydroxylation is 1. The smallest absolute Gasteiger partial charge is 0.427 e. The zero-order chi connectivity index (χ0) is 12.0. The highest BCUT2D eigenvalue weighted by molar-refractivity contribution is 5.99. The van der Waals surface area contributed by atoms with E-state index in [9.17, 15) is 4.79 Å². The molecule has 0 bridgehead atoms. The topological polar surface area (TPSA) is 50.7 Å². The number of ether oxygens (including phenoxy) is 1. The number of carbonyl (C=O) groups is 1. The van der Waals surface area contributed by atoms with E-state index in [-0.39, 0.29) is 0 Å². The maximum atomic E-state index is 10.8. The van der Waals surface area contributed by atoms with Gasteiger partial charge in [0.05, 0.1) is 12.8 Å². The number of nitrogens with zero attached hydrogens (tertiary/aromatic N) is 1. The molecule has 16 heavy (non-hydrogen) atoms. The highest BCUT2D eigenvalue weighted by Gasteiger charge is 1.99. The Kier molecular flexibility index (Phi) is 4.51. The molecule has 0 aromatic heterocycles. The predicted octanol–water partition coefficient (Wildman–Crippen LogP) is 2.33. The van der Waals surface area contributed by atoms with E-state index in [4.69, 9.17) is 0 Å². The van der Waals surface area contributed by atoms with Gasteiger partial charge in [-0.2, -0.15) is 5.10 Å². The van der Waals surface area contributed by atoms with Crippen LogP contribution < -0.4 is 5.43 Å². The second-order valence-corrected chi connectivity index (χ2v) is 3.35. The maximum Gasteiger partial charge on any atom is 0.427 e. The van der Waals surface area contributed by atoms with E-state index in [2.05, 4.69) is 22.2 Å². The molecule has 0 heterocycles. The molecule has 86 valence electrons. The average molecular weight is 220 g/mol. The Bertz CT molecular complexity index is 383. The van der Waals surface area contributed by atoms with Crippen LogP contribution in [0, 0.1) is 0 Å². The summed E-state index contributed by atoms with van der Waals surface area (Å²) in [5.41, 5.74) is 5.29. The van der Waals surface area contributed by atoms with Crippen LogP contribution in [-0.4, -0.2) is 18.9 Å². The van der Waals surface area contributed by atoms with Gasteiger partial charge in [-0.3, -0.25) is 0 Å². The number of methoxy groups -OCH3 is 1. The molecule has 1 amide bonds. The highest BCUT2D eigenvalue weighted by Crippen LogP contribution is 2.05. The van der Waals surface area contributed by atoms with E-state index >= 15 is 0 Å². The molecule has 1 rings (SSSR count). The first-order chi connectivity index (χ1) is 7.67. The van der Waals surface area contributed by atoms with Crippen molar-refractivity contribution in [3.05, 3.63) is 35.4 Å². The minimum absolute atomic E-state index is 0.565. The van der Waals surface area contributed by atoms with Crippen LogP contribution in [0.5, 0.6) is 0 Å². The fourth-order valence-electron chi connectivity index (χ4n) is 1.22. The van der Waals surface area contributed by atoms with Crippen LogP contribution >= 0.6 is 0 Å². The van der Waals surface area contributed by atoms with Crippen molar-refractivity contribution >= 4 is 11.8 Å². The van der Waals surface area contributed by atoms with Crippen LogP contribution in [0.1, 0.15) is 25.0 Å². The first-order valence-corrected chi connectivity index (χ1v) is 5.15. The van der Waals surface area contributed by atoms with Crippen molar-refractivity contribution in [1.29, 1.82) is 0 Å². The number of carbonyl (C=O) groups excluding carboxylic acids is 1. The minimum Gasteiger partial charge on any atom is -0.452 e. The van der Waals surface area contributed by atoms with Crippen molar-refractivity contribution in [3.63, 3.8) is 0 Å². The second-order valence-electron chi connectivity index (χ2n) is 3.35. The van der Waals surface area contributed by atoms with Gasteiger partial charge in [0, 0.05) is 0 Å². The number of hydrogen-bond donors (Lipinski definition) is 1. The van der Waals surface area contributed by atoms with Gasteiger partial charge in [-0.15, -0.1) is 0 Å². The summed E-state index contributed by atoms with van der Waals surface area (Å²) in [5, 5.41) is 3.91. The average Bonchev–Trinajstić information content (AvgIpc) is 2.35. The summed E-state index contributed by atoms with van der Waals surface area (Å²) < 4.78 is 4.42. The van der Waals surface area contributed by atoms with Gasteiger partial charge >= 0.3 is 6.09 Å². The van der Waals surface area contributed by atoms with Crippen LogP contribution in [0.3, 0.4) is 0 Å². The molecule has 1 aromatic carbocycles. The van der Waals surface area contributed by atoms with Crippen molar-refractivity contribution in [3.8, 4) is 0 Å². The fourth-order valence-corrected chi connectivity index (χ4v) is 1.22. The molecule has 0 aliphatic carbocycles. The zero-order valence-corrected chi connectivity index (χ0v) is 9.78. The molecule has 0 saturated heterocycles. The largest absolute Gasteiger partial charge is 0.452 e. The van der Waals surface area contributed by atoms with Crippen molar-refractivity contribution in [2.75, 3.05) is 7.11 Å². The summed E-state index contributed by atoms with van der Waals surface area (Å²) in [6.45, 7) is 3.94. The second kappa shape index (κ2) is 5.90. The number of hydrazone groups is 1. The molecular formula is C12H16N2O2. The van der Waals surface area contributed by atoms with Crippen molar-refractivity contribution in [1.82, 2.24) is 5.43 Å². The van der Waals surface area contributed by atoms with Gasteiger partial charge in [0.1, 0.15) is 0 Å². The molecular weight excluding hydrogens is 204 g/mol. The van der Waals surface area contributed by atoms with E-state index < -0.39 is 6.09 Å². The SMILES string of the molecule is CCc1ccc(C(C)=NNC(=O)OC)cc1. The van der Waals surface area contributed by atoms with Gasteiger partial charge in [0.15, 0.2) is 0 Å². The Morgan fingerprint density at radius 1 is 1.38 bits per heavy atom. The number of amides is 1. The summed E-state index contributed by atoms with van der Waals surface area (Å²) in [4.78, 5) is 10.8. The molecule has 4 heteroatoms. The molecule has 4 nitrogen and oxygen atoms in total. The van der Waals surface area contributed by atoms with E-state index in [1.165, 1.54) is 12.7 Å². The van der Waals surface area contributed by atoms with Crippen molar-refractivity contribution in [2.24, 2.45) is 5.10 Å². The monoisotopic (exact) mass is 220 g/mol. The van der Waals surface area contributed by atoms with Gasteiger partial charge < -0.3 is 4.74 Å². The van der Waals surface area contributed by atoms with E-state index in [0.29, 0.717) is 0 Å². The molecule has 1 N–H and O–H groups in total. The standard InChI is InChI=1S/C12H16N2O2/c1-4-10-5-7-11(8-6-10)9(2)13-14-12(15)16-3/h5-8H,4H2,1-3H3,(H,14,15). The Balaban J connectivity index is 2.71. The third-order valence-corrected chi connectivity index (χ3v) is 2.28. The first-order valence-electron chi connectivity index (χ1n) is 5.15. The summed E-state index contributed by atoms with van der Waals surface area (Å²) in [6, 6.07) is 8.06. The van der Waals surface area contributed by atoms with E-state index in [1.54, 1.807) is 0 Å². The molecule has 0 spiro atoms. The Hall–Kier alpha value is -1.84. The van der Waals surface area contributed by atoms with Crippen molar-refractivity contribution < 1.29 is 9.53 Å². The summed E-state index contributed by atoms with van der Waals surface area (Å²) in [7, 11) is 1.30. The molecule has 0 fully saturated rings. The molecule has 0 radical (unpaired) electrons. The molecule has 1 aromatic rings. The summed E-state index contributed by atoms with van der Waals surface area (Å²) in [5.74, 6) is 0. The van der Waals surface area contributed by atoms with Crippen LogP contribution in [0.25, 0.3) is 0 Å². The van der Waals surface area contributed by atoms with E-state index in [0.717, 1.165) is 17.7 Å². The van der Waals surface area contributed by atoms with Gasteiger partial charge in [0.2, 0.25) is 0 Å². The molecule has 0 saturated carbocycles. The maximum absolute atomic E-state index is 10.8. The van der Waals surface area contributed by atoms with Crippen molar-refractivity contribution in [2.45, 2.75) is 20.3 Å². The Morgan fingerprint density at radius 2 is 2.00 bits per heavy atom. The minimum atomic E-state index is -0.565. The highest BCUT2D eigenvalue weighted by atomic mass is 16.5. The first kappa shape index (κ1) is 12.2. The lowest BCUT2D eigenvalue weighted by Gasteiger charge is -2.03. The van der Waals surface area contributed by atoms with Crippen LogP contribution in [0.15, 0.2) is 29.4 Å². The lowest BCUT2D eigenvalue weighted by atomic mass is 10.1. The van der Waals surface area contributed by atoms with Gasteiger partial charge in [-0.1, -0.05) is 31.2 Å². The Labute approximate surface area is 95.3 Å². The lowest BCUT2D eigenvalue weighted by Crippen LogP contribution is -2.18. The molecule has 0 aliphatic rings. The summed E-state index contributed by atoms with van der Waals surface area (Å²) >= 11 is 0. The molecule has 0 unspecified atom stereocenters. The van der Waals surface area contributed by atoms with Gasteiger partial charge in [0.25, 0.3) is 0 Å². The third kappa shape index (κ3) is 3.38. The van der Waals surface area contributed by atoms with Crippen LogP contribution in [0.4, 0.5) is 4.79 Å². The predicted molar refractivity (Wildman–Crippen MR) is 63.6 cm³/mol. The zero-order valence-electron chi connectivity index (χ0n) is 9.78. The van der Waals surface area contributed by atoms with Crippen LogP contribution in [0.2, 0.25) is 0 Å². The number of hydrogen-bond acceptors (Lipinski definition) is 3. The van der Waals surface area contributed by atoms with E-state index in [1.807, 2.05) is 31.2 Å². The van der Waals surface area contributed by atoms with Gasteiger partial charge in [-0.25, -0.2) is 10.2 Å². The number of benzene rings is 1. The number of nitrogens with one attached hydrogen (secondary N) is 1. The molecule has 0 atom stereocenters. The Morgan fingerprint density at radius 3 is 2.50 bits per heavy atom. The van der Waals surface area contributed by atoms with Gasteiger partial charge in [-0.05, 0) is 24.5 Å². The fraction of sp³-hybridized carbons (Fsp3) is 0.333. The summed E-state index contributed by atoms with van der Waals surface area (Å²) in [6.07, 6.45) is 0.446. The lowest BCUT2D eigenvalue weighted by molar-refractivity contribution is 0.171.